The van der Waals surface area contributed by atoms with Crippen LogP contribution >= 0.6 is 0 Å². The third-order valence-electron chi connectivity index (χ3n) is 5.29. The van der Waals surface area contributed by atoms with Crippen molar-refractivity contribution in [2.75, 3.05) is 6.61 Å². The van der Waals surface area contributed by atoms with Crippen molar-refractivity contribution < 1.29 is 19.0 Å². The van der Waals surface area contributed by atoms with Gasteiger partial charge in [0.05, 0.1) is 16.9 Å². The van der Waals surface area contributed by atoms with E-state index < -0.39 is 17.2 Å². The summed E-state index contributed by atoms with van der Waals surface area (Å²) in [6, 6.07) is 9.81. The summed E-state index contributed by atoms with van der Waals surface area (Å²) in [5.41, 5.74) is 1.17. The number of carbonyl (C=O) groups is 1. The van der Waals surface area contributed by atoms with Crippen LogP contribution in [0.25, 0.3) is 32.9 Å². The molecular formula is C22H15FN2O4. The molecule has 0 amide bonds. The van der Waals surface area contributed by atoms with E-state index in [1.165, 1.54) is 18.5 Å². The number of carboxylic acid groups (broad SMARTS) is 1. The summed E-state index contributed by atoms with van der Waals surface area (Å²) in [5, 5.41) is 10.3. The molecule has 144 valence electrons. The van der Waals surface area contributed by atoms with Crippen LogP contribution in [0.1, 0.15) is 23.3 Å². The van der Waals surface area contributed by atoms with Gasteiger partial charge in [0.15, 0.2) is 5.75 Å². The highest BCUT2D eigenvalue weighted by Crippen LogP contribution is 2.41. The Kier molecular flexibility index (Phi) is 3.67. The summed E-state index contributed by atoms with van der Waals surface area (Å²) in [6.07, 6.45) is 2.90. The third kappa shape index (κ3) is 2.51. The number of halogens is 1. The summed E-state index contributed by atoms with van der Waals surface area (Å²) in [4.78, 5) is 28.3. The molecule has 1 aliphatic heterocycles. The summed E-state index contributed by atoms with van der Waals surface area (Å²) in [6.45, 7) is 2.19. The van der Waals surface area contributed by atoms with Gasteiger partial charge >= 0.3 is 5.97 Å². The van der Waals surface area contributed by atoms with Gasteiger partial charge in [0.2, 0.25) is 5.43 Å². The molecule has 7 heteroatoms. The maximum absolute atomic E-state index is 14.6. The first kappa shape index (κ1) is 17.4. The summed E-state index contributed by atoms with van der Waals surface area (Å²) in [5.74, 6) is -1.28. The zero-order valence-electron chi connectivity index (χ0n) is 15.3. The van der Waals surface area contributed by atoms with E-state index in [2.05, 4.69) is 4.98 Å². The lowest BCUT2D eigenvalue weighted by molar-refractivity contribution is 0.0694. The van der Waals surface area contributed by atoms with Gasteiger partial charge in [-0.05, 0) is 42.8 Å². The Bertz CT molecular complexity index is 1390. The number of hydrogen-bond donors (Lipinski definition) is 1. The number of hydrogen-bond acceptors (Lipinski definition) is 4. The molecule has 0 unspecified atom stereocenters. The van der Waals surface area contributed by atoms with Crippen LogP contribution in [0.3, 0.4) is 0 Å². The van der Waals surface area contributed by atoms with Crippen molar-refractivity contribution in [1.29, 1.82) is 0 Å². The molecule has 4 aromatic rings. The van der Waals surface area contributed by atoms with Crippen molar-refractivity contribution in [3.05, 3.63) is 70.4 Å². The smallest absolute Gasteiger partial charge is 0.341 e. The maximum Gasteiger partial charge on any atom is 0.341 e. The molecule has 0 bridgehead atoms. The monoisotopic (exact) mass is 390 g/mol. The van der Waals surface area contributed by atoms with Crippen LogP contribution in [0.4, 0.5) is 4.39 Å². The van der Waals surface area contributed by atoms with Crippen LogP contribution in [0.2, 0.25) is 0 Å². The molecule has 0 radical (unpaired) electrons. The highest BCUT2D eigenvalue weighted by Gasteiger charge is 2.26. The van der Waals surface area contributed by atoms with Gasteiger partial charge in [-0.25, -0.2) is 9.18 Å². The lowest BCUT2D eigenvalue weighted by Gasteiger charge is -2.28. The van der Waals surface area contributed by atoms with E-state index in [9.17, 15) is 19.1 Å². The number of rotatable bonds is 2. The van der Waals surface area contributed by atoms with Crippen LogP contribution in [0.15, 0.2) is 53.6 Å². The van der Waals surface area contributed by atoms with Crippen LogP contribution in [0.5, 0.6) is 5.75 Å². The van der Waals surface area contributed by atoms with Gasteiger partial charge in [0.1, 0.15) is 23.5 Å². The Morgan fingerprint density at radius 1 is 1.31 bits per heavy atom. The van der Waals surface area contributed by atoms with Gasteiger partial charge in [-0.3, -0.25) is 9.78 Å². The molecule has 0 aliphatic carbocycles. The minimum absolute atomic E-state index is 0.156. The Labute approximate surface area is 163 Å². The van der Waals surface area contributed by atoms with Crippen molar-refractivity contribution in [3.8, 4) is 16.9 Å². The fourth-order valence-electron chi connectivity index (χ4n) is 3.88. The second-order valence-corrected chi connectivity index (χ2v) is 7.12. The van der Waals surface area contributed by atoms with Crippen molar-refractivity contribution >= 4 is 27.8 Å². The highest BCUT2D eigenvalue weighted by molar-refractivity contribution is 5.98. The molecule has 2 aromatic heterocycles. The number of carboxylic acids is 1. The molecule has 29 heavy (non-hydrogen) atoms. The molecule has 2 aromatic carbocycles. The van der Waals surface area contributed by atoms with E-state index in [4.69, 9.17) is 4.74 Å². The van der Waals surface area contributed by atoms with Gasteiger partial charge in [-0.15, -0.1) is 0 Å². The normalized spacial score (nSPS) is 15.4. The maximum atomic E-state index is 14.6. The zero-order chi connectivity index (χ0) is 20.3. The summed E-state index contributed by atoms with van der Waals surface area (Å²) >= 11 is 0. The third-order valence-corrected chi connectivity index (χ3v) is 5.29. The topological polar surface area (TPSA) is 81.4 Å². The van der Waals surface area contributed by atoms with E-state index >= 15 is 0 Å². The fraction of sp³-hybridized carbons (Fsp3) is 0.136. The van der Waals surface area contributed by atoms with Gasteiger partial charge < -0.3 is 14.4 Å². The van der Waals surface area contributed by atoms with Crippen molar-refractivity contribution in [2.24, 2.45) is 0 Å². The second kappa shape index (κ2) is 6.13. The van der Waals surface area contributed by atoms with Gasteiger partial charge in [-0.1, -0.05) is 6.07 Å². The van der Waals surface area contributed by atoms with Crippen LogP contribution in [-0.4, -0.2) is 27.2 Å². The van der Waals surface area contributed by atoms with Crippen molar-refractivity contribution in [3.63, 3.8) is 0 Å². The molecule has 1 N–H and O–H groups in total. The molecule has 1 atom stereocenters. The molecular weight excluding hydrogens is 375 g/mol. The number of benzene rings is 2. The minimum Gasteiger partial charge on any atom is -0.489 e. The largest absolute Gasteiger partial charge is 0.489 e. The zero-order valence-corrected chi connectivity index (χ0v) is 15.3. The summed E-state index contributed by atoms with van der Waals surface area (Å²) < 4.78 is 22.3. The average molecular weight is 390 g/mol. The van der Waals surface area contributed by atoms with Gasteiger partial charge in [0, 0.05) is 23.3 Å². The minimum atomic E-state index is -1.27. The fourth-order valence-corrected chi connectivity index (χ4v) is 3.88. The first-order valence-electron chi connectivity index (χ1n) is 9.08. The second-order valence-electron chi connectivity index (χ2n) is 7.12. The van der Waals surface area contributed by atoms with E-state index in [1.54, 1.807) is 28.8 Å². The number of fused-ring (bicyclic) bond motifs is 1. The predicted molar refractivity (Wildman–Crippen MR) is 106 cm³/mol. The molecule has 5 rings (SSSR count). The molecule has 0 saturated heterocycles. The molecule has 0 spiro atoms. The Morgan fingerprint density at radius 2 is 2.14 bits per heavy atom. The van der Waals surface area contributed by atoms with Crippen molar-refractivity contribution in [1.82, 2.24) is 9.55 Å². The molecule has 3 heterocycles. The van der Waals surface area contributed by atoms with Gasteiger partial charge in [-0.2, -0.15) is 0 Å². The molecule has 0 saturated carbocycles. The number of ether oxygens (including phenoxy) is 1. The van der Waals surface area contributed by atoms with Crippen LogP contribution in [0, 0.1) is 5.82 Å². The molecule has 6 nitrogen and oxygen atoms in total. The lowest BCUT2D eigenvalue weighted by atomic mass is 9.98. The quantitative estimate of drug-likeness (QED) is 0.559. The molecule has 1 aliphatic rings. The molecule has 0 fully saturated rings. The SMILES string of the molecule is C[C@H]1COc2c(-c3cc(F)c4ncccc4c3)ccc3c(=O)c(C(=O)O)cn1c23. The number of pyridine rings is 2. The standard InChI is InChI=1S/C22H15FN2O4/c1-11-10-29-21-14(13-7-12-3-2-6-24-18(12)17(23)8-13)4-5-15-19(21)25(11)9-16(20(15)26)22(27)28/h2-9,11H,10H2,1H3,(H,27,28)/t11-/m0/s1. The Balaban J connectivity index is 1.85. The van der Waals surface area contributed by atoms with Crippen molar-refractivity contribution in [2.45, 2.75) is 13.0 Å². The predicted octanol–water partition coefficient (Wildman–Crippen LogP) is 4.01. The number of aromatic nitrogens is 2. The van der Waals surface area contributed by atoms with E-state index in [1.807, 2.05) is 13.0 Å². The van der Waals surface area contributed by atoms with Gasteiger partial charge in [0.25, 0.3) is 0 Å². The first-order valence-corrected chi connectivity index (χ1v) is 9.08. The summed E-state index contributed by atoms with van der Waals surface area (Å²) in [7, 11) is 0. The highest BCUT2D eigenvalue weighted by atomic mass is 19.1. The Hall–Kier alpha value is -3.74. The Morgan fingerprint density at radius 3 is 2.93 bits per heavy atom. The van der Waals surface area contributed by atoms with E-state index in [0.29, 0.717) is 34.4 Å². The number of aromatic carboxylic acids is 1. The van der Waals surface area contributed by atoms with Crippen LogP contribution < -0.4 is 10.2 Å². The van der Waals surface area contributed by atoms with Crippen LogP contribution in [-0.2, 0) is 0 Å². The average Bonchev–Trinajstić information content (AvgIpc) is 2.71. The first-order chi connectivity index (χ1) is 14.0. The van der Waals surface area contributed by atoms with E-state index in [0.717, 1.165) is 0 Å². The number of nitrogens with zero attached hydrogens (tertiary/aromatic N) is 2. The lowest BCUT2D eigenvalue weighted by Crippen LogP contribution is -2.26. The van der Waals surface area contributed by atoms with E-state index in [-0.39, 0.29) is 22.5 Å².